The van der Waals surface area contributed by atoms with Gasteiger partial charge in [0.25, 0.3) is 0 Å². The molecule has 1 unspecified atom stereocenters. The van der Waals surface area contributed by atoms with Gasteiger partial charge in [0.1, 0.15) is 0 Å². The quantitative estimate of drug-likeness (QED) is 0.159. The maximum absolute atomic E-state index is 2.52. The van der Waals surface area contributed by atoms with E-state index < -0.39 is 5.41 Å². The van der Waals surface area contributed by atoms with Crippen LogP contribution < -0.4 is 9.80 Å². The first-order chi connectivity index (χ1) is 30.3. The second-order valence-corrected chi connectivity index (χ2v) is 16.0. The maximum Gasteiger partial charge on any atom is 0.0727 e. The molecule has 10 aromatic rings. The Morgan fingerprint density at radius 3 is 1.33 bits per heavy atom. The summed E-state index contributed by atoms with van der Waals surface area (Å²) >= 11 is 0. The minimum absolute atomic E-state index is 0.583. The molecule has 0 radical (unpaired) electrons. The van der Waals surface area contributed by atoms with Gasteiger partial charge in [-0.1, -0.05) is 182 Å². The molecule has 2 nitrogen and oxygen atoms in total. The highest BCUT2D eigenvalue weighted by atomic mass is 15.2. The van der Waals surface area contributed by atoms with E-state index in [0.29, 0.717) is 0 Å². The van der Waals surface area contributed by atoms with Crippen molar-refractivity contribution in [3.05, 3.63) is 265 Å². The topological polar surface area (TPSA) is 6.48 Å². The highest BCUT2D eigenvalue weighted by Gasteiger charge is 2.53. The van der Waals surface area contributed by atoms with Crippen LogP contribution in [0.15, 0.2) is 243 Å². The van der Waals surface area contributed by atoms with E-state index in [2.05, 4.69) is 252 Å². The largest absolute Gasteiger partial charge is 0.310 e. The summed E-state index contributed by atoms with van der Waals surface area (Å²) in [6, 6.07) is 89.0. The van der Waals surface area contributed by atoms with Crippen LogP contribution in [0.3, 0.4) is 0 Å². The molecule has 2 heteroatoms. The fraction of sp³-hybridized carbons (Fsp3) is 0.0169. The zero-order valence-electron chi connectivity index (χ0n) is 33.5. The van der Waals surface area contributed by atoms with E-state index in [1.807, 2.05) is 0 Å². The number of fused-ring (bicyclic) bond motifs is 12. The van der Waals surface area contributed by atoms with Gasteiger partial charge in [0.2, 0.25) is 0 Å². The molecular weight excluding hydrogens is 737 g/mol. The molecule has 1 atom stereocenters. The summed E-state index contributed by atoms with van der Waals surface area (Å²) in [5.41, 5.74) is 18.9. The van der Waals surface area contributed by atoms with Crippen LogP contribution in [0.4, 0.5) is 34.1 Å². The number of para-hydroxylation sites is 3. The highest BCUT2D eigenvalue weighted by Crippen LogP contribution is 2.66. The van der Waals surface area contributed by atoms with Crippen molar-refractivity contribution >= 4 is 44.9 Å². The predicted molar refractivity (Wildman–Crippen MR) is 255 cm³/mol. The van der Waals surface area contributed by atoms with Crippen LogP contribution in [0, 0.1) is 0 Å². The van der Waals surface area contributed by atoms with Crippen molar-refractivity contribution in [2.75, 3.05) is 9.80 Å². The number of benzene rings is 10. The molecule has 0 amide bonds. The molecule has 0 aromatic heterocycles. The van der Waals surface area contributed by atoms with E-state index in [9.17, 15) is 0 Å². The summed E-state index contributed by atoms with van der Waals surface area (Å²) in [6.45, 7) is 0. The fourth-order valence-electron chi connectivity index (χ4n) is 10.4. The highest BCUT2D eigenvalue weighted by molar-refractivity contribution is 6.12. The molecule has 0 saturated heterocycles. The Balaban J connectivity index is 1.18. The maximum atomic E-state index is 2.52. The summed E-state index contributed by atoms with van der Waals surface area (Å²) in [7, 11) is 0. The lowest BCUT2D eigenvalue weighted by molar-refractivity contribution is 0.794. The normalized spacial score (nSPS) is 14.3. The average molecular weight is 777 g/mol. The second-order valence-electron chi connectivity index (χ2n) is 16.0. The van der Waals surface area contributed by atoms with Gasteiger partial charge in [0, 0.05) is 33.7 Å². The molecular formula is C59H40N2. The second kappa shape index (κ2) is 14.1. The van der Waals surface area contributed by atoms with Gasteiger partial charge < -0.3 is 9.80 Å². The molecule has 2 aliphatic rings. The van der Waals surface area contributed by atoms with E-state index in [0.717, 1.165) is 34.1 Å². The average Bonchev–Trinajstić information content (AvgIpc) is 3.81. The van der Waals surface area contributed by atoms with Gasteiger partial charge in [0.05, 0.1) is 16.8 Å². The van der Waals surface area contributed by atoms with Crippen LogP contribution in [-0.4, -0.2) is 0 Å². The van der Waals surface area contributed by atoms with Crippen LogP contribution in [0.1, 0.15) is 22.3 Å². The smallest absolute Gasteiger partial charge is 0.0727 e. The van der Waals surface area contributed by atoms with Gasteiger partial charge >= 0.3 is 0 Å². The van der Waals surface area contributed by atoms with Gasteiger partial charge in [-0.15, -0.1) is 0 Å². The number of rotatable bonds is 7. The minimum atomic E-state index is -0.583. The Morgan fingerprint density at radius 1 is 0.262 bits per heavy atom. The minimum Gasteiger partial charge on any atom is -0.310 e. The van der Waals surface area contributed by atoms with Crippen molar-refractivity contribution in [1.82, 2.24) is 0 Å². The Morgan fingerprint density at radius 2 is 0.705 bits per heavy atom. The lowest BCUT2D eigenvalue weighted by Crippen LogP contribution is -2.26. The van der Waals surface area contributed by atoms with Crippen molar-refractivity contribution in [2.45, 2.75) is 5.41 Å². The molecule has 286 valence electrons. The SMILES string of the molecule is c1ccc(-c2cccc(N(c3ccccc3)c3cccc4c3-c3ccccc3C43c4ccccc4-c4c3cc(N(c3ccccc3)c3ccccc3)c3ccccc43)c2)cc1. The lowest BCUT2D eigenvalue weighted by atomic mass is 9.70. The first kappa shape index (κ1) is 35.0. The molecule has 12 rings (SSSR count). The van der Waals surface area contributed by atoms with Gasteiger partial charge in [0.15, 0.2) is 0 Å². The lowest BCUT2D eigenvalue weighted by Gasteiger charge is -2.33. The van der Waals surface area contributed by atoms with Gasteiger partial charge in [-0.25, -0.2) is 0 Å². The van der Waals surface area contributed by atoms with Crippen molar-refractivity contribution in [3.63, 3.8) is 0 Å². The number of hydrogen-bond donors (Lipinski definition) is 0. The predicted octanol–water partition coefficient (Wildman–Crippen LogP) is 15.8. The van der Waals surface area contributed by atoms with Gasteiger partial charge in [-0.05, 0) is 116 Å². The summed E-state index contributed by atoms with van der Waals surface area (Å²) < 4.78 is 0. The van der Waals surface area contributed by atoms with Crippen LogP contribution in [0.25, 0.3) is 44.2 Å². The first-order valence-corrected chi connectivity index (χ1v) is 21.1. The molecule has 0 N–H and O–H groups in total. The van der Waals surface area contributed by atoms with Crippen LogP contribution >= 0.6 is 0 Å². The number of anilines is 6. The standard InChI is InChI=1S/C59H40N2/c1-5-21-41(22-6-1)42-23-19-30-46(39-42)61(45-28-11-4-12-29-45)55-38-20-37-53-58(55)50-34-16-18-36-52(50)59(53)51-35-17-15-33-49(51)57-48-32-14-13-31-47(48)56(40-54(57)59)60(43-24-7-2-8-25-43)44-26-9-3-10-27-44/h1-40H. The molecule has 0 fully saturated rings. The monoisotopic (exact) mass is 776 g/mol. The van der Waals surface area contributed by atoms with E-state index in [-0.39, 0.29) is 0 Å². The molecule has 0 heterocycles. The Kier molecular flexibility index (Phi) is 8.11. The van der Waals surface area contributed by atoms with Gasteiger partial charge in [-0.2, -0.15) is 0 Å². The van der Waals surface area contributed by atoms with Crippen molar-refractivity contribution in [1.29, 1.82) is 0 Å². The molecule has 10 aromatic carbocycles. The molecule has 0 saturated carbocycles. The third kappa shape index (κ3) is 5.29. The van der Waals surface area contributed by atoms with Gasteiger partial charge in [-0.3, -0.25) is 0 Å². The summed E-state index contributed by atoms with van der Waals surface area (Å²) in [5, 5.41) is 2.47. The molecule has 61 heavy (non-hydrogen) atoms. The Hall–Kier alpha value is -7.94. The zero-order chi connectivity index (χ0) is 40.3. The van der Waals surface area contributed by atoms with Crippen LogP contribution in [0.5, 0.6) is 0 Å². The number of hydrogen-bond acceptors (Lipinski definition) is 2. The molecule has 0 bridgehead atoms. The number of nitrogens with zero attached hydrogens (tertiary/aromatic N) is 2. The van der Waals surface area contributed by atoms with E-state index >= 15 is 0 Å². The van der Waals surface area contributed by atoms with E-state index in [4.69, 9.17) is 0 Å². The summed E-state index contributed by atoms with van der Waals surface area (Å²) in [5.74, 6) is 0. The molecule has 2 aliphatic carbocycles. The molecule has 1 spiro atoms. The summed E-state index contributed by atoms with van der Waals surface area (Å²) in [6.07, 6.45) is 0. The Bertz CT molecular complexity index is 3210. The molecule has 0 aliphatic heterocycles. The fourth-order valence-corrected chi connectivity index (χ4v) is 10.4. The third-order valence-electron chi connectivity index (χ3n) is 12.8. The zero-order valence-corrected chi connectivity index (χ0v) is 33.5. The third-order valence-corrected chi connectivity index (χ3v) is 12.8. The first-order valence-electron chi connectivity index (χ1n) is 21.1. The van der Waals surface area contributed by atoms with Crippen molar-refractivity contribution < 1.29 is 0 Å². The van der Waals surface area contributed by atoms with E-state index in [1.165, 1.54) is 66.4 Å². The summed E-state index contributed by atoms with van der Waals surface area (Å²) in [4.78, 5) is 4.90. The van der Waals surface area contributed by atoms with Crippen LogP contribution in [-0.2, 0) is 5.41 Å². The van der Waals surface area contributed by atoms with Crippen molar-refractivity contribution in [3.8, 4) is 33.4 Å². The van der Waals surface area contributed by atoms with Crippen LogP contribution in [0.2, 0.25) is 0 Å². The Labute approximate surface area is 356 Å². The van der Waals surface area contributed by atoms with Crippen molar-refractivity contribution in [2.24, 2.45) is 0 Å². The van der Waals surface area contributed by atoms with E-state index in [1.54, 1.807) is 0 Å².